The Morgan fingerprint density at radius 3 is 1.25 bits per heavy atom. The van der Waals surface area contributed by atoms with E-state index < -0.39 is 0 Å². The Morgan fingerprint density at radius 2 is 1.25 bits per heavy atom. The maximum absolute atomic E-state index is 3.70. The van der Waals surface area contributed by atoms with Gasteiger partial charge in [-0.1, -0.05) is 0 Å². The van der Waals surface area contributed by atoms with Gasteiger partial charge in [0.05, 0.1) is 0 Å². The van der Waals surface area contributed by atoms with E-state index in [1.165, 1.54) is 0 Å². The van der Waals surface area contributed by atoms with Crippen LogP contribution >= 0.6 is 5.66 Å². The Labute approximate surface area is 62.9 Å². The van der Waals surface area contributed by atoms with Crippen LogP contribution in [0.2, 0.25) is 0 Å². The molecule has 0 N–H and O–H groups in total. The van der Waals surface area contributed by atoms with E-state index in [0.29, 0.717) is 0 Å². The summed E-state index contributed by atoms with van der Waals surface area (Å²) in [5.41, 5.74) is 3.70. The van der Waals surface area contributed by atoms with Crippen LogP contribution in [0.5, 0.6) is 0 Å². The Kier molecular flexibility index (Phi) is 73.9. The van der Waals surface area contributed by atoms with Crippen molar-refractivity contribution < 1.29 is 58.0 Å². The molecule has 0 aromatic heterocycles. The van der Waals surface area contributed by atoms with Crippen LogP contribution in [0.15, 0.2) is 0 Å². The summed E-state index contributed by atoms with van der Waals surface area (Å²) >= 11 is 0.844. The monoisotopic (exact) mass is 259 g/mol. The molecular formula is CdFeNiP. The summed E-state index contributed by atoms with van der Waals surface area (Å²) < 4.78 is 0. The average Bonchev–Trinajstić information content (AvgIpc) is 1.00. The van der Waals surface area contributed by atoms with E-state index in [9.17, 15) is 0 Å². The predicted octanol–water partition coefficient (Wildman–Crippen LogP) is 0.854. The first-order valence-corrected chi connectivity index (χ1v) is 6.36. The second kappa shape index (κ2) is 18.3. The molecule has 0 saturated heterocycles. The van der Waals surface area contributed by atoms with Crippen molar-refractivity contribution in [1.29, 1.82) is 0 Å². The van der Waals surface area contributed by atoms with Crippen LogP contribution in [0, 0.1) is 0 Å². The van der Waals surface area contributed by atoms with Crippen molar-refractivity contribution in [3.8, 4) is 0 Å². The van der Waals surface area contributed by atoms with Crippen molar-refractivity contribution in [3.05, 3.63) is 0 Å². The molecule has 0 radical (unpaired) electrons. The molecule has 0 aromatic carbocycles. The molecule has 4 heavy (non-hydrogen) atoms. The third-order valence-electron chi connectivity index (χ3n) is 0. The van der Waals surface area contributed by atoms with E-state index in [-0.39, 0.29) is 33.6 Å². The van der Waals surface area contributed by atoms with E-state index in [4.69, 9.17) is 0 Å². The average molecular weight is 258 g/mol. The fourth-order valence-electron chi connectivity index (χ4n) is 0. The Bertz CT molecular complexity index is 12.8. The maximum atomic E-state index is 3.70. The first-order valence-electron chi connectivity index (χ1n) is 0.316. The van der Waals surface area contributed by atoms with Crippen molar-refractivity contribution in [1.82, 2.24) is 0 Å². The summed E-state index contributed by atoms with van der Waals surface area (Å²) in [6, 6.07) is 0. The van der Waals surface area contributed by atoms with Gasteiger partial charge in [0, 0.05) is 33.6 Å². The third kappa shape index (κ3) is 8.84. The van der Waals surface area contributed by atoms with Crippen LogP contribution < -0.4 is 0 Å². The zero-order chi connectivity index (χ0) is 2.00. The van der Waals surface area contributed by atoms with Gasteiger partial charge < -0.3 is 0 Å². The van der Waals surface area contributed by atoms with Gasteiger partial charge in [-0.3, -0.25) is 0 Å². The fourth-order valence-corrected chi connectivity index (χ4v) is 0. The minimum absolute atomic E-state index is 0. The van der Waals surface area contributed by atoms with E-state index in [0.717, 1.165) is 24.4 Å². The quantitative estimate of drug-likeness (QED) is 0.446. The number of hydrogen-bond acceptors (Lipinski definition) is 0. The van der Waals surface area contributed by atoms with Gasteiger partial charge in [-0.2, -0.15) is 0 Å². The number of hydrogen-bond donors (Lipinski definition) is 0. The van der Waals surface area contributed by atoms with E-state index in [2.05, 4.69) is 5.66 Å². The molecular weight excluding hydrogens is 258 g/mol. The summed E-state index contributed by atoms with van der Waals surface area (Å²) in [4.78, 5) is 0. The Hall–Kier alpha value is 2.37. The minimum atomic E-state index is 0. The molecule has 0 fully saturated rings. The molecule has 0 aromatic rings. The zero-order valence-electron chi connectivity index (χ0n) is 1.82. The molecule has 0 spiro atoms. The Morgan fingerprint density at radius 1 is 1.25 bits per heavy atom. The van der Waals surface area contributed by atoms with Gasteiger partial charge in [0.15, 0.2) is 0 Å². The first-order chi connectivity index (χ1) is 1.00. The number of rotatable bonds is 0. The molecule has 25 valence electrons. The van der Waals surface area contributed by atoms with Gasteiger partial charge in [-0.25, -0.2) is 0 Å². The van der Waals surface area contributed by atoms with Crippen LogP contribution in [0.4, 0.5) is 0 Å². The SMILES string of the molecule is [Fe].[Ni].[P]#[Cd]. The fraction of sp³-hybridized carbons (Fsp3) is 0. The van der Waals surface area contributed by atoms with Crippen molar-refractivity contribution >= 4 is 5.66 Å². The first kappa shape index (κ1) is 16.2. The van der Waals surface area contributed by atoms with Gasteiger partial charge in [-0.15, -0.1) is 0 Å². The second-order valence-corrected chi connectivity index (χ2v) is 0. The molecule has 0 aliphatic heterocycles. The summed E-state index contributed by atoms with van der Waals surface area (Å²) in [5, 5.41) is 0. The van der Waals surface area contributed by atoms with Crippen LogP contribution in [-0.2, 0) is 58.0 Å². The van der Waals surface area contributed by atoms with Crippen molar-refractivity contribution in [2.45, 2.75) is 0 Å². The molecule has 0 saturated carbocycles. The molecule has 4 heteroatoms. The normalized spacial score (nSPS) is 1.25. The van der Waals surface area contributed by atoms with Crippen LogP contribution in [-0.4, -0.2) is 0 Å². The van der Waals surface area contributed by atoms with Gasteiger partial charge in [0.2, 0.25) is 0 Å². The van der Waals surface area contributed by atoms with Gasteiger partial charge in [0.1, 0.15) is 0 Å². The van der Waals surface area contributed by atoms with Crippen molar-refractivity contribution in [2.75, 3.05) is 0 Å². The van der Waals surface area contributed by atoms with E-state index >= 15 is 0 Å². The standard InChI is InChI=1S/Cd.Fe.Ni.P. The summed E-state index contributed by atoms with van der Waals surface area (Å²) in [6.07, 6.45) is 0. The van der Waals surface area contributed by atoms with Crippen molar-refractivity contribution in [3.63, 3.8) is 0 Å². The summed E-state index contributed by atoms with van der Waals surface area (Å²) in [5.74, 6) is 0. The van der Waals surface area contributed by atoms with Crippen LogP contribution in [0.1, 0.15) is 0 Å². The zero-order valence-corrected chi connectivity index (χ0v) is 8.85. The molecule has 0 nitrogen and oxygen atoms in total. The topological polar surface area (TPSA) is 0 Å². The van der Waals surface area contributed by atoms with Gasteiger partial charge in [0.25, 0.3) is 0 Å². The molecule has 0 unspecified atom stereocenters. The van der Waals surface area contributed by atoms with Gasteiger partial charge >= 0.3 is 30.1 Å². The third-order valence-corrected chi connectivity index (χ3v) is 0. The molecule has 0 heterocycles. The van der Waals surface area contributed by atoms with E-state index in [1.807, 2.05) is 0 Å². The van der Waals surface area contributed by atoms with Crippen LogP contribution in [0.25, 0.3) is 0 Å². The van der Waals surface area contributed by atoms with Gasteiger partial charge in [-0.05, 0) is 0 Å². The molecule has 0 atom stereocenters. The second-order valence-electron chi connectivity index (χ2n) is 0. The molecule has 0 rings (SSSR count). The molecule has 0 amide bonds. The molecule has 0 bridgehead atoms. The predicted molar refractivity (Wildman–Crippen MR) is 6.92 cm³/mol. The molecule has 0 aliphatic rings. The van der Waals surface area contributed by atoms with E-state index in [1.54, 1.807) is 0 Å². The molecule has 0 aliphatic carbocycles. The van der Waals surface area contributed by atoms with Crippen molar-refractivity contribution in [2.24, 2.45) is 0 Å². The summed E-state index contributed by atoms with van der Waals surface area (Å²) in [7, 11) is 0. The Balaban J connectivity index is -0.00000000500. The summed E-state index contributed by atoms with van der Waals surface area (Å²) in [6.45, 7) is 0. The van der Waals surface area contributed by atoms with Crippen LogP contribution in [0.3, 0.4) is 0 Å².